The number of likely N-dealkylation sites (tertiary alicyclic amines) is 1. The van der Waals surface area contributed by atoms with Crippen LogP contribution in [0, 0.1) is 5.92 Å². The molecule has 24 heavy (non-hydrogen) atoms. The Morgan fingerprint density at radius 2 is 2.25 bits per heavy atom. The standard InChI is InChI=1S/C18H23N5O/c24-18(17-9-16(21-22-17)14-4-5-14)20-10-13-6-8-23(11-13)12-15-3-1-2-7-19-15/h1-3,7,9,13-14H,4-6,8,10-12H2,(H,20,24)(H,21,22). The number of hydrogen-bond acceptors (Lipinski definition) is 4. The van der Waals surface area contributed by atoms with Crippen LogP contribution in [0.5, 0.6) is 0 Å². The van der Waals surface area contributed by atoms with Crippen molar-refractivity contribution < 1.29 is 4.79 Å². The van der Waals surface area contributed by atoms with Crippen LogP contribution in [0.25, 0.3) is 0 Å². The normalized spacial score (nSPS) is 21.1. The lowest BCUT2D eigenvalue weighted by Gasteiger charge is -2.15. The molecule has 1 aliphatic carbocycles. The molecule has 2 N–H and O–H groups in total. The van der Waals surface area contributed by atoms with E-state index < -0.39 is 0 Å². The molecule has 2 aromatic heterocycles. The molecule has 6 nitrogen and oxygen atoms in total. The van der Waals surface area contributed by atoms with Crippen LogP contribution in [0.2, 0.25) is 0 Å². The zero-order chi connectivity index (χ0) is 16.4. The Labute approximate surface area is 141 Å². The van der Waals surface area contributed by atoms with Crippen LogP contribution in [-0.2, 0) is 6.54 Å². The summed E-state index contributed by atoms with van der Waals surface area (Å²) in [6.45, 7) is 3.66. The minimum atomic E-state index is -0.0682. The molecule has 2 aliphatic rings. The van der Waals surface area contributed by atoms with Gasteiger partial charge in [-0.3, -0.25) is 19.8 Å². The van der Waals surface area contributed by atoms with E-state index in [4.69, 9.17) is 0 Å². The zero-order valence-corrected chi connectivity index (χ0v) is 13.7. The number of rotatable bonds is 6. The molecule has 4 rings (SSSR count). The lowest BCUT2D eigenvalue weighted by Crippen LogP contribution is -2.31. The van der Waals surface area contributed by atoms with Crippen LogP contribution in [0.4, 0.5) is 0 Å². The summed E-state index contributed by atoms with van der Waals surface area (Å²) < 4.78 is 0. The Bertz CT molecular complexity index is 694. The quantitative estimate of drug-likeness (QED) is 0.851. The van der Waals surface area contributed by atoms with E-state index in [0.29, 0.717) is 24.1 Å². The van der Waals surface area contributed by atoms with E-state index in [-0.39, 0.29) is 5.91 Å². The fourth-order valence-corrected chi connectivity index (χ4v) is 3.33. The Balaban J connectivity index is 1.23. The van der Waals surface area contributed by atoms with E-state index in [1.807, 2.05) is 24.4 Å². The number of amides is 1. The van der Waals surface area contributed by atoms with Crippen molar-refractivity contribution in [1.82, 2.24) is 25.4 Å². The average molecular weight is 325 g/mol. The number of aromatic amines is 1. The number of carbonyl (C=O) groups excluding carboxylic acids is 1. The van der Waals surface area contributed by atoms with Gasteiger partial charge in [0.2, 0.25) is 0 Å². The molecule has 0 radical (unpaired) electrons. The maximum atomic E-state index is 12.2. The van der Waals surface area contributed by atoms with E-state index in [9.17, 15) is 4.79 Å². The lowest BCUT2D eigenvalue weighted by molar-refractivity contribution is 0.0942. The van der Waals surface area contributed by atoms with Gasteiger partial charge in [-0.25, -0.2) is 0 Å². The number of hydrogen-bond donors (Lipinski definition) is 2. The Morgan fingerprint density at radius 1 is 1.33 bits per heavy atom. The first-order valence-electron chi connectivity index (χ1n) is 8.73. The van der Waals surface area contributed by atoms with Gasteiger partial charge in [-0.05, 0) is 49.9 Å². The van der Waals surface area contributed by atoms with Crippen LogP contribution in [0.15, 0.2) is 30.5 Å². The second-order valence-electron chi connectivity index (χ2n) is 6.90. The van der Waals surface area contributed by atoms with Gasteiger partial charge < -0.3 is 5.32 Å². The van der Waals surface area contributed by atoms with Gasteiger partial charge in [0.1, 0.15) is 5.69 Å². The summed E-state index contributed by atoms with van der Waals surface area (Å²) in [7, 11) is 0. The van der Waals surface area contributed by atoms with Crippen molar-refractivity contribution in [2.75, 3.05) is 19.6 Å². The number of carbonyl (C=O) groups is 1. The fraction of sp³-hybridized carbons (Fsp3) is 0.500. The Hall–Kier alpha value is -2.21. The number of H-pyrrole nitrogens is 1. The van der Waals surface area contributed by atoms with Gasteiger partial charge in [-0.1, -0.05) is 6.07 Å². The molecule has 3 heterocycles. The number of nitrogens with zero attached hydrogens (tertiary/aromatic N) is 3. The van der Waals surface area contributed by atoms with Crippen molar-refractivity contribution in [1.29, 1.82) is 0 Å². The first-order chi connectivity index (χ1) is 11.8. The first kappa shape index (κ1) is 15.3. The van der Waals surface area contributed by atoms with Crippen molar-refractivity contribution in [3.63, 3.8) is 0 Å². The first-order valence-corrected chi connectivity index (χ1v) is 8.73. The largest absolute Gasteiger partial charge is 0.350 e. The van der Waals surface area contributed by atoms with E-state index in [2.05, 4.69) is 31.5 Å². The predicted octanol–water partition coefficient (Wildman–Crippen LogP) is 1.93. The van der Waals surface area contributed by atoms with E-state index >= 15 is 0 Å². The number of pyridine rings is 1. The Kier molecular flexibility index (Phi) is 4.30. The molecular formula is C18H23N5O. The van der Waals surface area contributed by atoms with Crippen LogP contribution >= 0.6 is 0 Å². The maximum Gasteiger partial charge on any atom is 0.271 e. The number of nitrogens with one attached hydrogen (secondary N) is 2. The summed E-state index contributed by atoms with van der Waals surface area (Å²) >= 11 is 0. The highest BCUT2D eigenvalue weighted by molar-refractivity contribution is 5.92. The van der Waals surface area contributed by atoms with Crippen LogP contribution in [0.3, 0.4) is 0 Å². The second kappa shape index (κ2) is 6.73. The van der Waals surface area contributed by atoms with Gasteiger partial charge in [-0.15, -0.1) is 0 Å². The summed E-state index contributed by atoms with van der Waals surface area (Å²) in [5.74, 6) is 1.02. The lowest BCUT2D eigenvalue weighted by atomic mass is 10.1. The molecule has 1 saturated carbocycles. The van der Waals surface area contributed by atoms with E-state index in [1.165, 1.54) is 12.8 Å². The summed E-state index contributed by atoms with van der Waals surface area (Å²) in [5, 5.41) is 10.2. The fourth-order valence-electron chi connectivity index (χ4n) is 3.33. The monoisotopic (exact) mass is 325 g/mol. The summed E-state index contributed by atoms with van der Waals surface area (Å²) in [6, 6.07) is 7.92. The average Bonchev–Trinajstić information content (AvgIpc) is 3.17. The van der Waals surface area contributed by atoms with Crippen molar-refractivity contribution in [2.24, 2.45) is 5.92 Å². The minimum absolute atomic E-state index is 0.0682. The third-order valence-corrected chi connectivity index (χ3v) is 4.88. The highest BCUT2D eigenvalue weighted by Gasteiger charge is 2.27. The molecule has 0 aromatic carbocycles. The molecule has 2 aromatic rings. The highest BCUT2D eigenvalue weighted by Crippen LogP contribution is 2.38. The molecule has 126 valence electrons. The highest BCUT2D eigenvalue weighted by atomic mass is 16.1. The van der Waals surface area contributed by atoms with Gasteiger partial charge in [0, 0.05) is 37.4 Å². The third kappa shape index (κ3) is 3.64. The van der Waals surface area contributed by atoms with Crippen molar-refractivity contribution >= 4 is 5.91 Å². The summed E-state index contributed by atoms with van der Waals surface area (Å²) in [5.41, 5.74) is 2.72. The smallest absolute Gasteiger partial charge is 0.271 e. The van der Waals surface area contributed by atoms with Gasteiger partial charge in [0.05, 0.1) is 5.69 Å². The zero-order valence-electron chi connectivity index (χ0n) is 13.7. The molecule has 1 saturated heterocycles. The van der Waals surface area contributed by atoms with Crippen molar-refractivity contribution in [2.45, 2.75) is 31.7 Å². The van der Waals surface area contributed by atoms with Gasteiger partial charge >= 0.3 is 0 Å². The molecule has 0 bridgehead atoms. The van der Waals surface area contributed by atoms with Gasteiger partial charge in [0.15, 0.2) is 0 Å². The predicted molar refractivity (Wildman–Crippen MR) is 90.5 cm³/mol. The molecule has 1 amide bonds. The minimum Gasteiger partial charge on any atom is -0.350 e. The third-order valence-electron chi connectivity index (χ3n) is 4.88. The summed E-state index contributed by atoms with van der Waals surface area (Å²) in [4.78, 5) is 19.0. The number of aromatic nitrogens is 3. The molecule has 1 unspecified atom stereocenters. The Morgan fingerprint density at radius 3 is 3.04 bits per heavy atom. The topological polar surface area (TPSA) is 73.9 Å². The van der Waals surface area contributed by atoms with Crippen LogP contribution in [-0.4, -0.2) is 45.6 Å². The van der Waals surface area contributed by atoms with Crippen LogP contribution < -0.4 is 5.32 Å². The van der Waals surface area contributed by atoms with Gasteiger partial charge in [0.25, 0.3) is 5.91 Å². The summed E-state index contributed by atoms with van der Waals surface area (Å²) in [6.07, 6.45) is 5.36. The molecule has 6 heteroatoms. The molecular weight excluding hydrogens is 302 g/mol. The van der Waals surface area contributed by atoms with Crippen molar-refractivity contribution in [3.05, 3.63) is 47.5 Å². The van der Waals surface area contributed by atoms with E-state index in [0.717, 1.165) is 37.4 Å². The molecule has 1 atom stereocenters. The molecule has 1 aliphatic heterocycles. The molecule has 0 spiro atoms. The van der Waals surface area contributed by atoms with Crippen LogP contribution in [0.1, 0.15) is 47.1 Å². The van der Waals surface area contributed by atoms with E-state index in [1.54, 1.807) is 0 Å². The van der Waals surface area contributed by atoms with Crippen molar-refractivity contribution in [3.8, 4) is 0 Å². The maximum absolute atomic E-state index is 12.2. The SMILES string of the molecule is O=C(NCC1CCN(Cc2ccccn2)C1)c1cc(C2CC2)[nH]n1. The van der Waals surface area contributed by atoms with Gasteiger partial charge in [-0.2, -0.15) is 5.10 Å². The second-order valence-corrected chi connectivity index (χ2v) is 6.90. The molecule has 2 fully saturated rings.